The van der Waals surface area contributed by atoms with E-state index >= 15 is 0 Å². The van der Waals surface area contributed by atoms with Crippen molar-refractivity contribution in [3.63, 3.8) is 0 Å². The molecule has 3 heteroatoms. The fourth-order valence-electron chi connectivity index (χ4n) is 5.07. The Hall–Kier alpha value is -1.32. The third kappa shape index (κ3) is 1.56. The van der Waals surface area contributed by atoms with E-state index in [0.717, 1.165) is 6.04 Å². The van der Waals surface area contributed by atoms with E-state index in [2.05, 4.69) is 45.7 Å². The van der Waals surface area contributed by atoms with Crippen molar-refractivity contribution in [2.75, 3.05) is 19.8 Å². The second kappa shape index (κ2) is 4.34. The van der Waals surface area contributed by atoms with Gasteiger partial charge in [0, 0.05) is 36.2 Å². The second-order valence-electron chi connectivity index (χ2n) is 6.96. The Balaban J connectivity index is 1.71. The van der Waals surface area contributed by atoms with Gasteiger partial charge in [0.15, 0.2) is 0 Å². The lowest BCUT2D eigenvalue weighted by atomic mass is 9.90. The molecule has 2 fully saturated rings. The Bertz CT molecular complexity index is 702. The van der Waals surface area contributed by atoms with Gasteiger partial charge in [-0.1, -0.05) is 24.6 Å². The summed E-state index contributed by atoms with van der Waals surface area (Å²) in [7, 11) is 2.27. The molecule has 1 aromatic heterocycles. The smallest absolute Gasteiger partial charge is 0.0671 e. The van der Waals surface area contributed by atoms with Crippen molar-refractivity contribution in [3.8, 4) is 0 Å². The van der Waals surface area contributed by atoms with Crippen LogP contribution in [0.4, 0.5) is 0 Å². The average Bonchev–Trinajstić information content (AvgIpc) is 3.04. The molecule has 3 aliphatic rings. The molecular weight excluding hydrogens is 258 g/mol. The first-order valence-corrected chi connectivity index (χ1v) is 8.39. The number of rotatable bonds is 0. The third-order valence-corrected chi connectivity index (χ3v) is 5.98. The van der Waals surface area contributed by atoms with E-state index in [1.54, 1.807) is 11.3 Å². The number of hydrogen-bond acceptors (Lipinski definition) is 2. The molecule has 0 N–H and O–H groups in total. The minimum Gasteiger partial charge on any atom is -0.346 e. The average molecular weight is 281 g/mol. The van der Waals surface area contributed by atoms with Gasteiger partial charge in [0.05, 0.1) is 12.7 Å². The largest absolute Gasteiger partial charge is 0.346 e. The number of benzene rings is 1. The van der Waals surface area contributed by atoms with E-state index < -0.39 is 0 Å². The third-order valence-electron chi connectivity index (χ3n) is 5.98. The standard InChI is InChI=1S/C18H23N3/c1-19-15-7-3-2-6-13(15)14-9-11-21-12-20-10-5-4-8-16(20)18(21)17(14)19/h2-3,6-7,16,18H,4-5,8-12H2,1H3. The lowest BCUT2D eigenvalue weighted by molar-refractivity contribution is 0.185. The van der Waals surface area contributed by atoms with Gasteiger partial charge >= 0.3 is 0 Å². The molecule has 0 radical (unpaired) electrons. The van der Waals surface area contributed by atoms with E-state index in [4.69, 9.17) is 0 Å². The first-order valence-electron chi connectivity index (χ1n) is 8.39. The molecule has 3 aliphatic heterocycles. The van der Waals surface area contributed by atoms with Gasteiger partial charge in [0.25, 0.3) is 0 Å². The quantitative estimate of drug-likeness (QED) is 0.735. The molecule has 3 nitrogen and oxygen atoms in total. The zero-order chi connectivity index (χ0) is 14.0. The zero-order valence-electron chi connectivity index (χ0n) is 12.8. The van der Waals surface area contributed by atoms with Gasteiger partial charge in [-0.15, -0.1) is 0 Å². The van der Waals surface area contributed by atoms with Crippen molar-refractivity contribution in [2.24, 2.45) is 7.05 Å². The van der Waals surface area contributed by atoms with Crippen molar-refractivity contribution in [2.45, 2.75) is 37.8 Å². The minimum absolute atomic E-state index is 0.631. The maximum atomic E-state index is 2.74. The molecule has 4 heterocycles. The van der Waals surface area contributed by atoms with Crippen LogP contribution in [0.5, 0.6) is 0 Å². The van der Waals surface area contributed by atoms with Gasteiger partial charge in [-0.25, -0.2) is 0 Å². The van der Waals surface area contributed by atoms with Gasteiger partial charge < -0.3 is 4.57 Å². The van der Waals surface area contributed by atoms with Crippen LogP contribution in [0.2, 0.25) is 0 Å². The second-order valence-corrected chi connectivity index (χ2v) is 6.96. The van der Waals surface area contributed by atoms with Crippen LogP contribution in [0, 0.1) is 0 Å². The number of hydrogen-bond donors (Lipinski definition) is 0. The summed E-state index contributed by atoms with van der Waals surface area (Å²) in [4.78, 5) is 5.47. The SMILES string of the molecule is Cn1c2c(c3ccccc31)CCN1CN3CCCCC3C21. The van der Waals surface area contributed by atoms with Crippen LogP contribution < -0.4 is 0 Å². The van der Waals surface area contributed by atoms with Gasteiger partial charge in [-0.2, -0.15) is 0 Å². The van der Waals surface area contributed by atoms with Crippen LogP contribution in [0.25, 0.3) is 10.9 Å². The molecule has 2 atom stereocenters. The normalized spacial score (nSPS) is 29.4. The van der Waals surface area contributed by atoms with Crippen molar-refractivity contribution in [3.05, 3.63) is 35.5 Å². The summed E-state index contributed by atoms with van der Waals surface area (Å²) in [5, 5.41) is 1.49. The number of aryl methyl sites for hydroxylation is 1. The Morgan fingerprint density at radius 2 is 1.95 bits per heavy atom. The van der Waals surface area contributed by atoms with Crippen molar-refractivity contribution in [1.82, 2.24) is 14.4 Å². The molecule has 5 rings (SSSR count). The monoisotopic (exact) mass is 281 g/mol. The molecule has 110 valence electrons. The topological polar surface area (TPSA) is 11.4 Å². The van der Waals surface area contributed by atoms with E-state index in [1.165, 1.54) is 56.3 Å². The molecular formula is C18H23N3. The summed E-state index contributed by atoms with van der Waals surface area (Å²) < 4.78 is 2.49. The zero-order valence-corrected chi connectivity index (χ0v) is 12.8. The Morgan fingerprint density at radius 1 is 1.05 bits per heavy atom. The van der Waals surface area contributed by atoms with Crippen molar-refractivity contribution in [1.29, 1.82) is 0 Å². The first kappa shape index (κ1) is 12.2. The molecule has 0 saturated carbocycles. The van der Waals surface area contributed by atoms with Crippen molar-refractivity contribution >= 4 is 10.9 Å². The lowest BCUT2D eigenvalue weighted by Crippen LogP contribution is -2.37. The molecule has 2 unspecified atom stereocenters. The fraction of sp³-hybridized carbons (Fsp3) is 0.556. The van der Waals surface area contributed by atoms with E-state index in [1.807, 2.05) is 0 Å². The highest BCUT2D eigenvalue weighted by Gasteiger charge is 2.45. The van der Waals surface area contributed by atoms with Crippen molar-refractivity contribution < 1.29 is 0 Å². The molecule has 0 bridgehead atoms. The van der Waals surface area contributed by atoms with Crippen LogP contribution in [-0.4, -0.2) is 40.2 Å². The van der Waals surface area contributed by atoms with E-state index in [9.17, 15) is 0 Å². The highest BCUT2D eigenvalue weighted by atomic mass is 15.4. The summed E-state index contributed by atoms with van der Waals surface area (Å²) >= 11 is 0. The van der Waals surface area contributed by atoms with Crippen LogP contribution in [0.15, 0.2) is 24.3 Å². The molecule has 21 heavy (non-hydrogen) atoms. The van der Waals surface area contributed by atoms with Gasteiger partial charge in [-0.05, 0) is 37.4 Å². The number of nitrogens with zero attached hydrogens (tertiary/aromatic N) is 3. The first-order chi connectivity index (χ1) is 10.3. The lowest BCUT2D eigenvalue weighted by Gasteiger charge is -2.35. The molecule has 2 aromatic rings. The van der Waals surface area contributed by atoms with E-state index in [0.29, 0.717) is 6.04 Å². The molecule has 0 spiro atoms. The van der Waals surface area contributed by atoms with Crippen LogP contribution in [0.1, 0.15) is 36.6 Å². The molecule has 0 aliphatic carbocycles. The fourth-order valence-corrected chi connectivity index (χ4v) is 5.07. The molecule has 2 saturated heterocycles. The number of aromatic nitrogens is 1. The number of fused-ring (bicyclic) bond motifs is 7. The summed E-state index contributed by atoms with van der Waals surface area (Å²) in [5.41, 5.74) is 4.65. The Labute approximate surface area is 126 Å². The van der Waals surface area contributed by atoms with Crippen LogP contribution in [0.3, 0.4) is 0 Å². The van der Waals surface area contributed by atoms with Crippen LogP contribution >= 0.6 is 0 Å². The maximum absolute atomic E-state index is 2.74. The predicted octanol–water partition coefficient (Wildman–Crippen LogP) is 2.90. The Morgan fingerprint density at radius 3 is 2.90 bits per heavy atom. The summed E-state index contributed by atoms with van der Waals surface area (Å²) in [6.07, 6.45) is 5.39. The van der Waals surface area contributed by atoms with E-state index in [-0.39, 0.29) is 0 Å². The minimum atomic E-state index is 0.631. The highest BCUT2D eigenvalue weighted by Crippen LogP contribution is 2.45. The molecule has 1 aromatic carbocycles. The highest BCUT2D eigenvalue weighted by molar-refractivity contribution is 5.86. The number of para-hydroxylation sites is 1. The van der Waals surface area contributed by atoms with Gasteiger partial charge in [-0.3, -0.25) is 9.80 Å². The Kier molecular flexibility index (Phi) is 2.53. The predicted molar refractivity (Wildman–Crippen MR) is 85.3 cm³/mol. The molecule has 0 amide bonds. The van der Waals surface area contributed by atoms with Gasteiger partial charge in [0.2, 0.25) is 0 Å². The summed E-state index contributed by atoms with van der Waals surface area (Å²) in [6.45, 7) is 3.73. The van der Waals surface area contributed by atoms with Crippen LogP contribution in [-0.2, 0) is 13.5 Å². The maximum Gasteiger partial charge on any atom is 0.0671 e. The summed E-state index contributed by atoms with van der Waals surface area (Å²) in [6, 6.07) is 10.3. The number of piperidine rings is 1. The van der Waals surface area contributed by atoms with Gasteiger partial charge in [0.1, 0.15) is 0 Å². The summed E-state index contributed by atoms with van der Waals surface area (Å²) in [5.74, 6) is 0.